The van der Waals surface area contributed by atoms with Gasteiger partial charge in [-0.3, -0.25) is 0 Å². The van der Waals surface area contributed by atoms with E-state index >= 15 is 0 Å². The molecule has 104 valence electrons. The van der Waals surface area contributed by atoms with Crippen LogP contribution >= 0.6 is 10.7 Å². The van der Waals surface area contributed by atoms with Crippen molar-refractivity contribution in [2.45, 2.75) is 26.4 Å². The first kappa shape index (κ1) is 13.9. The topological polar surface area (TPSA) is 63.7 Å². The molecule has 1 saturated carbocycles. The molecule has 1 saturated heterocycles. The summed E-state index contributed by atoms with van der Waals surface area (Å²) in [6, 6.07) is 0. The van der Waals surface area contributed by atoms with Crippen molar-refractivity contribution in [3.8, 4) is 0 Å². The van der Waals surface area contributed by atoms with Crippen LogP contribution in [0.15, 0.2) is 0 Å². The summed E-state index contributed by atoms with van der Waals surface area (Å²) in [5.41, 5.74) is -0.497. The molecule has 0 radical (unpaired) electrons. The van der Waals surface area contributed by atoms with Crippen molar-refractivity contribution in [1.82, 2.24) is 4.90 Å². The third-order valence-electron chi connectivity index (χ3n) is 3.41. The molecule has 0 N–H and O–H groups in total. The van der Waals surface area contributed by atoms with Gasteiger partial charge in [0.25, 0.3) is 0 Å². The molecular weight excluding hydrogens is 278 g/mol. The Hall–Kier alpha value is -0.490. The molecule has 5 nitrogen and oxygen atoms in total. The molecule has 1 heterocycles. The van der Waals surface area contributed by atoms with Gasteiger partial charge in [-0.2, -0.15) is 0 Å². The Labute approximate surface area is 112 Å². The predicted octanol–water partition coefficient (Wildman–Crippen LogP) is 1.67. The highest BCUT2D eigenvalue weighted by atomic mass is 35.7. The highest BCUT2D eigenvalue weighted by Gasteiger charge is 2.58. The van der Waals surface area contributed by atoms with Gasteiger partial charge in [0.2, 0.25) is 9.05 Å². The molecule has 1 aliphatic carbocycles. The Morgan fingerprint density at radius 2 is 1.83 bits per heavy atom. The zero-order valence-electron chi connectivity index (χ0n) is 10.7. The maximum atomic E-state index is 11.8. The summed E-state index contributed by atoms with van der Waals surface area (Å²) in [6.07, 6.45) is -0.317. The third-order valence-corrected chi connectivity index (χ3v) is 4.58. The number of halogens is 1. The van der Waals surface area contributed by atoms with Gasteiger partial charge < -0.3 is 9.64 Å². The molecule has 0 aromatic rings. The van der Waals surface area contributed by atoms with Gasteiger partial charge in [0, 0.05) is 23.8 Å². The molecule has 2 rings (SSSR count). The van der Waals surface area contributed by atoms with Crippen LogP contribution in [0.1, 0.15) is 20.8 Å². The number of carbonyl (C=O) groups is 1. The Morgan fingerprint density at radius 1 is 1.33 bits per heavy atom. The van der Waals surface area contributed by atoms with Gasteiger partial charge in [-0.1, -0.05) is 0 Å². The van der Waals surface area contributed by atoms with E-state index in [1.54, 1.807) is 4.90 Å². The number of hydrogen-bond donors (Lipinski definition) is 0. The predicted molar refractivity (Wildman–Crippen MR) is 67.9 cm³/mol. The van der Waals surface area contributed by atoms with Crippen LogP contribution in [0.3, 0.4) is 0 Å². The van der Waals surface area contributed by atoms with Crippen molar-refractivity contribution in [1.29, 1.82) is 0 Å². The van der Waals surface area contributed by atoms with Crippen LogP contribution in [0.25, 0.3) is 0 Å². The maximum Gasteiger partial charge on any atom is 0.410 e. The molecule has 18 heavy (non-hydrogen) atoms. The van der Waals surface area contributed by atoms with E-state index in [0.717, 1.165) is 0 Å². The van der Waals surface area contributed by atoms with Crippen molar-refractivity contribution in [2.75, 3.05) is 18.8 Å². The Balaban J connectivity index is 1.83. The summed E-state index contributed by atoms with van der Waals surface area (Å²) in [5, 5.41) is 0. The first-order chi connectivity index (χ1) is 8.07. The monoisotopic (exact) mass is 295 g/mol. The molecular formula is C11H18ClNO4S. The SMILES string of the molecule is CC(C)(C)OC(=O)N1C[C@@H]2C(CS(=O)(=O)Cl)[C@@H]2C1. The van der Waals surface area contributed by atoms with Gasteiger partial charge in [0.1, 0.15) is 5.60 Å². The average Bonchev–Trinajstić information content (AvgIpc) is 2.58. The van der Waals surface area contributed by atoms with Crippen LogP contribution in [0, 0.1) is 17.8 Å². The van der Waals surface area contributed by atoms with E-state index in [1.807, 2.05) is 20.8 Å². The van der Waals surface area contributed by atoms with Gasteiger partial charge in [-0.25, -0.2) is 13.2 Å². The molecule has 2 aliphatic rings. The third kappa shape index (κ3) is 3.29. The van der Waals surface area contributed by atoms with E-state index in [1.165, 1.54) is 0 Å². The van der Waals surface area contributed by atoms with Crippen LogP contribution in [0.2, 0.25) is 0 Å². The summed E-state index contributed by atoms with van der Waals surface area (Å²) in [5.74, 6) is 0.676. The van der Waals surface area contributed by atoms with Gasteiger partial charge in [-0.15, -0.1) is 0 Å². The Bertz CT molecular complexity index is 444. The van der Waals surface area contributed by atoms with E-state index in [4.69, 9.17) is 15.4 Å². The molecule has 7 heteroatoms. The average molecular weight is 296 g/mol. The lowest BCUT2D eigenvalue weighted by molar-refractivity contribution is 0.0267. The summed E-state index contributed by atoms with van der Waals surface area (Å²) in [7, 11) is 1.80. The number of carbonyl (C=O) groups excluding carboxylic acids is 1. The lowest BCUT2D eigenvalue weighted by Gasteiger charge is -2.25. The molecule has 3 atom stereocenters. The van der Waals surface area contributed by atoms with Crippen molar-refractivity contribution in [3.63, 3.8) is 0 Å². The Kier molecular flexibility index (Phi) is 3.30. The zero-order valence-corrected chi connectivity index (χ0v) is 12.3. The molecule has 1 amide bonds. The first-order valence-electron chi connectivity index (χ1n) is 5.97. The minimum Gasteiger partial charge on any atom is -0.444 e. The number of fused-ring (bicyclic) bond motifs is 1. The number of likely N-dealkylation sites (tertiary alicyclic amines) is 1. The highest BCUT2D eigenvalue weighted by molar-refractivity contribution is 8.13. The van der Waals surface area contributed by atoms with E-state index < -0.39 is 14.7 Å². The molecule has 1 unspecified atom stereocenters. The standard InChI is InChI=1S/C11H18ClNO4S/c1-11(2,3)17-10(14)13-4-7-8(5-13)9(7)6-18(12,15)16/h7-9H,4-6H2,1-3H3/t7-,8+,9?. The lowest BCUT2D eigenvalue weighted by atomic mass is 10.2. The lowest BCUT2D eigenvalue weighted by Crippen LogP contribution is -2.37. The summed E-state index contributed by atoms with van der Waals surface area (Å²) < 4.78 is 27.2. The number of amides is 1. The maximum absolute atomic E-state index is 11.8. The van der Waals surface area contributed by atoms with E-state index in [0.29, 0.717) is 13.1 Å². The van der Waals surface area contributed by atoms with E-state index in [9.17, 15) is 13.2 Å². The molecule has 2 fully saturated rings. The van der Waals surface area contributed by atoms with Crippen LogP contribution in [-0.2, 0) is 13.8 Å². The Morgan fingerprint density at radius 3 is 2.22 bits per heavy atom. The second kappa shape index (κ2) is 4.27. The first-order valence-corrected chi connectivity index (χ1v) is 8.45. The summed E-state index contributed by atoms with van der Waals surface area (Å²) in [6.45, 7) is 6.63. The number of hydrogen-bond acceptors (Lipinski definition) is 4. The number of ether oxygens (including phenoxy) is 1. The van der Waals surface area contributed by atoms with Crippen LogP contribution in [0.5, 0.6) is 0 Å². The van der Waals surface area contributed by atoms with E-state index in [2.05, 4.69) is 0 Å². The minimum absolute atomic E-state index is 0.0199. The summed E-state index contributed by atoms with van der Waals surface area (Å²) in [4.78, 5) is 13.4. The molecule has 0 aromatic carbocycles. The molecule has 0 aromatic heterocycles. The van der Waals surface area contributed by atoms with Crippen molar-refractivity contribution in [3.05, 3.63) is 0 Å². The van der Waals surface area contributed by atoms with Crippen molar-refractivity contribution >= 4 is 25.8 Å². The van der Waals surface area contributed by atoms with Crippen molar-refractivity contribution in [2.24, 2.45) is 17.8 Å². The normalized spacial score (nSPS) is 31.1. The number of rotatable bonds is 2. The fourth-order valence-electron chi connectivity index (χ4n) is 2.60. The van der Waals surface area contributed by atoms with Gasteiger partial charge in [0.15, 0.2) is 0 Å². The molecule has 0 bridgehead atoms. The largest absolute Gasteiger partial charge is 0.444 e. The smallest absolute Gasteiger partial charge is 0.410 e. The van der Waals surface area contributed by atoms with Crippen LogP contribution in [0.4, 0.5) is 4.79 Å². The number of nitrogens with zero attached hydrogens (tertiary/aromatic N) is 1. The van der Waals surface area contributed by atoms with Gasteiger partial charge >= 0.3 is 6.09 Å². The molecule has 0 spiro atoms. The quantitative estimate of drug-likeness (QED) is 0.727. The highest BCUT2D eigenvalue weighted by Crippen LogP contribution is 2.52. The van der Waals surface area contributed by atoms with Gasteiger partial charge in [0.05, 0.1) is 5.75 Å². The second-order valence-corrected chi connectivity index (χ2v) is 8.90. The summed E-state index contributed by atoms with van der Waals surface area (Å²) >= 11 is 0. The van der Waals surface area contributed by atoms with Crippen LogP contribution < -0.4 is 0 Å². The fourth-order valence-corrected chi connectivity index (χ4v) is 3.99. The van der Waals surface area contributed by atoms with Gasteiger partial charge in [-0.05, 0) is 38.5 Å². The second-order valence-electron chi connectivity index (χ2n) is 6.08. The minimum atomic E-state index is -3.43. The fraction of sp³-hybridized carbons (Fsp3) is 0.909. The number of piperidine rings is 1. The van der Waals surface area contributed by atoms with Crippen LogP contribution in [-0.4, -0.2) is 43.9 Å². The molecule has 1 aliphatic heterocycles. The van der Waals surface area contributed by atoms with Crippen molar-refractivity contribution < 1.29 is 17.9 Å². The zero-order chi connectivity index (χ0) is 13.7. The van der Waals surface area contributed by atoms with E-state index in [-0.39, 0.29) is 29.6 Å².